The van der Waals surface area contributed by atoms with E-state index in [4.69, 9.17) is 9.15 Å². The van der Waals surface area contributed by atoms with E-state index in [2.05, 4.69) is 15.2 Å². The van der Waals surface area contributed by atoms with Crippen LogP contribution >= 0.6 is 0 Å². The number of hydrogen-bond acceptors (Lipinski definition) is 5. The molecule has 1 aliphatic heterocycles. The second-order valence-electron chi connectivity index (χ2n) is 7.36. The van der Waals surface area contributed by atoms with Gasteiger partial charge >= 0.3 is 0 Å². The molecule has 27 heavy (non-hydrogen) atoms. The molecule has 2 aliphatic rings. The second-order valence-corrected chi connectivity index (χ2v) is 7.36. The first-order chi connectivity index (χ1) is 13.2. The smallest absolute Gasteiger partial charge is 0.252 e. The number of carbonyl (C=O) groups is 1. The van der Waals surface area contributed by atoms with Crippen LogP contribution in [0, 0.1) is 6.92 Å². The van der Waals surface area contributed by atoms with Crippen LogP contribution in [0.2, 0.25) is 0 Å². The van der Waals surface area contributed by atoms with Crippen LogP contribution in [0.5, 0.6) is 0 Å². The van der Waals surface area contributed by atoms with Crippen molar-refractivity contribution in [2.75, 3.05) is 32.8 Å². The summed E-state index contributed by atoms with van der Waals surface area (Å²) in [5.41, 5.74) is 3.02. The Balaban J connectivity index is 1.46. The van der Waals surface area contributed by atoms with E-state index in [0.29, 0.717) is 25.3 Å². The van der Waals surface area contributed by atoms with Gasteiger partial charge in [-0.1, -0.05) is 0 Å². The van der Waals surface area contributed by atoms with E-state index in [-0.39, 0.29) is 11.9 Å². The molecule has 1 aliphatic carbocycles. The number of nitrogens with one attached hydrogen (secondary N) is 1. The van der Waals surface area contributed by atoms with E-state index in [1.807, 2.05) is 25.1 Å². The highest BCUT2D eigenvalue weighted by Crippen LogP contribution is 2.24. The largest absolute Gasteiger partial charge is 0.465 e. The van der Waals surface area contributed by atoms with Gasteiger partial charge in [0.15, 0.2) is 0 Å². The number of rotatable bonds is 5. The molecule has 1 N–H and O–H groups in total. The van der Waals surface area contributed by atoms with Gasteiger partial charge in [0, 0.05) is 31.5 Å². The van der Waals surface area contributed by atoms with Crippen molar-refractivity contribution < 1.29 is 13.9 Å². The van der Waals surface area contributed by atoms with Crippen LogP contribution in [0.3, 0.4) is 0 Å². The zero-order chi connectivity index (χ0) is 18.6. The lowest BCUT2D eigenvalue weighted by atomic mass is 9.95. The van der Waals surface area contributed by atoms with E-state index in [9.17, 15) is 4.79 Å². The number of nitrogens with zero attached hydrogens (tertiary/aromatic N) is 2. The molecule has 0 unspecified atom stereocenters. The lowest BCUT2D eigenvalue weighted by Gasteiger charge is -2.33. The Morgan fingerprint density at radius 3 is 2.85 bits per heavy atom. The van der Waals surface area contributed by atoms with Gasteiger partial charge in [0.1, 0.15) is 11.5 Å². The monoisotopic (exact) mass is 369 g/mol. The fraction of sp³-hybridized carbons (Fsp3) is 0.524. The van der Waals surface area contributed by atoms with E-state index in [1.54, 1.807) is 6.20 Å². The Hall–Kier alpha value is -2.18. The van der Waals surface area contributed by atoms with Crippen LogP contribution in [-0.4, -0.2) is 48.6 Å². The summed E-state index contributed by atoms with van der Waals surface area (Å²) in [6.07, 6.45) is 6.12. The van der Waals surface area contributed by atoms with Gasteiger partial charge in [0.2, 0.25) is 0 Å². The summed E-state index contributed by atoms with van der Waals surface area (Å²) in [6.45, 7) is 5.53. The predicted octanol–water partition coefficient (Wildman–Crippen LogP) is 2.67. The molecule has 4 rings (SSSR count). The number of carbonyl (C=O) groups excluding carboxylic acids is 1. The number of aryl methyl sites for hydroxylation is 3. The maximum Gasteiger partial charge on any atom is 0.252 e. The van der Waals surface area contributed by atoms with Crippen LogP contribution in [0.15, 0.2) is 28.8 Å². The zero-order valence-corrected chi connectivity index (χ0v) is 15.9. The lowest BCUT2D eigenvalue weighted by Crippen LogP contribution is -2.43. The molecule has 6 nitrogen and oxygen atoms in total. The van der Waals surface area contributed by atoms with E-state index < -0.39 is 0 Å². The summed E-state index contributed by atoms with van der Waals surface area (Å²) in [7, 11) is 0. The second kappa shape index (κ2) is 8.23. The third kappa shape index (κ3) is 4.22. The Labute approximate surface area is 159 Å². The fourth-order valence-electron chi connectivity index (χ4n) is 3.94. The Morgan fingerprint density at radius 2 is 2.07 bits per heavy atom. The minimum Gasteiger partial charge on any atom is -0.465 e. The average molecular weight is 369 g/mol. The molecule has 1 amide bonds. The first-order valence-electron chi connectivity index (χ1n) is 9.85. The van der Waals surface area contributed by atoms with Crippen molar-refractivity contribution in [3.05, 3.63) is 52.7 Å². The van der Waals surface area contributed by atoms with Crippen molar-refractivity contribution in [2.45, 2.75) is 38.6 Å². The Kier molecular flexibility index (Phi) is 5.55. The number of morpholine rings is 1. The van der Waals surface area contributed by atoms with E-state index in [0.717, 1.165) is 43.1 Å². The van der Waals surface area contributed by atoms with Gasteiger partial charge in [0.05, 0.1) is 24.8 Å². The summed E-state index contributed by atoms with van der Waals surface area (Å²) in [5, 5.41) is 3.09. The third-order valence-electron chi connectivity index (χ3n) is 5.46. The van der Waals surface area contributed by atoms with Crippen molar-refractivity contribution in [3.63, 3.8) is 0 Å². The standard InChI is InChI=1S/C21H27N3O3/c1-15-6-7-20(27-15)19(24-8-10-26-11-9-24)14-23-21(25)17-12-16-4-2-3-5-18(16)22-13-17/h6-7,12-13,19H,2-5,8-11,14H2,1H3,(H,23,25)/t19-/m0/s1. The number of pyridine rings is 1. The van der Waals surface area contributed by atoms with Crippen molar-refractivity contribution in [3.8, 4) is 0 Å². The highest BCUT2D eigenvalue weighted by atomic mass is 16.5. The first kappa shape index (κ1) is 18.2. The summed E-state index contributed by atoms with van der Waals surface area (Å²) in [5.74, 6) is 1.70. The normalized spacial score (nSPS) is 18.7. The molecule has 2 aromatic heterocycles. The molecular formula is C21H27N3O3. The molecule has 0 aromatic carbocycles. The van der Waals surface area contributed by atoms with Crippen LogP contribution in [0.25, 0.3) is 0 Å². The van der Waals surface area contributed by atoms with Crippen LogP contribution in [0.4, 0.5) is 0 Å². The maximum atomic E-state index is 12.7. The molecule has 1 saturated heterocycles. The van der Waals surface area contributed by atoms with Crippen LogP contribution in [0.1, 0.15) is 52.0 Å². The maximum absolute atomic E-state index is 12.7. The summed E-state index contributed by atoms with van der Waals surface area (Å²) in [6, 6.07) is 6.00. The highest BCUT2D eigenvalue weighted by Gasteiger charge is 2.26. The Morgan fingerprint density at radius 1 is 1.26 bits per heavy atom. The van der Waals surface area contributed by atoms with Crippen molar-refractivity contribution in [2.24, 2.45) is 0 Å². The van der Waals surface area contributed by atoms with Gasteiger partial charge in [-0.25, -0.2) is 0 Å². The molecule has 0 saturated carbocycles. The number of furan rings is 1. The molecule has 0 bridgehead atoms. The van der Waals surface area contributed by atoms with Gasteiger partial charge in [0.25, 0.3) is 5.91 Å². The van der Waals surface area contributed by atoms with E-state index in [1.165, 1.54) is 18.4 Å². The number of amides is 1. The quantitative estimate of drug-likeness (QED) is 0.878. The van der Waals surface area contributed by atoms with Crippen LogP contribution in [-0.2, 0) is 17.6 Å². The van der Waals surface area contributed by atoms with Gasteiger partial charge in [-0.05, 0) is 56.4 Å². The Bertz CT molecular complexity index is 796. The van der Waals surface area contributed by atoms with Crippen molar-refractivity contribution >= 4 is 5.91 Å². The predicted molar refractivity (Wildman–Crippen MR) is 102 cm³/mol. The molecule has 0 radical (unpaired) electrons. The number of fused-ring (bicyclic) bond motifs is 1. The minimum atomic E-state index is -0.0718. The number of aromatic nitrogens is 1. The molecule has 1 atom stereocenters. The summed E-state index contributed by atoms with van der Waals surface area (Å²) in [4.78, 5) is 19.6. The topological polar surface area (TPSA) is 67.6 Å². The minimum absolute atomic E-state index is 0.0112. The fourth-order valence-corrected chi connectivity index (χ4v) is 3.94. The van der Waals surface area contributed by atoms with E-state index >= 15 is 0 Å². The molecular weight excluding hydrogens is 342 g/mol. The molecule has 0 spiro atoms. The molecule has 6 heteroatoms. The summed E-state index contributed by atoms with van der Waals surface area (Å²) >= 11 is 0. The molecule has 144 valence electrons. The average Bonchev–Trinajstić information content (AvgIpc) is 3.14. The van der Waals surface area contributed by atoms with Crippen LogP contribution < -0.4 is 5.32 Å². The third-order valence-corrected chi connectivity index (χ3v) is 5.46. The van der Waals surface area contributed by atoms with Gasteiger partial charge < -0.3 is 14.5 Å². The molecule has 3 heterocycles. The molecule has 2 aromatic rings. The zero-order valence-electron chi connectivity index (χ0n) is 15.9. The highest BCUT2D eigenvalue weighted by molar-refractivity contribution is 5.94. The van der Waals surface area contributed by atoms with Gasteiger partial charge in [-0.2, -0.15) is 0 Å². The summed E-state index contributed by atoms with van der Waals surface area (Å²) < 4.78 is 11.3. The lowest BCUT2D eigenvalue weighted by molar-refractivity contribution is 0.0117. The number of ether oxygens (including phenoxy) is 1. The van der Waals surface area contributed by atoms with Crippen molar-refractivity contribution in [1.82, 2.24) is 15.2 Å². The first-order valence-corrected chi connectivity index (χ1v) is 9.85. The van der Waals surface area contributed by atoms with Gasteiger partial charge in [-0.15, -0.1) is 0 Å². The van der Waals surface area contributed by atoms with Gasteiger partial charge in [-0.3, -0.25) is 14.7 Å². The molecule has 1 fully saturated rings. The SMILES string of the molecule is Cc1ccc([C@H](CNC(=O)c2cnc3c(c2)CCCC3)N2CCOCC2)o1. The number of hydrogen-bond donors (Lipinski definition) is 1. The van der Waals surface area contributed by atoms with Crippen molar-refractivity contribution in [1.29, 1.82) is 0 Å².